The average molecular weight is 288 g/mol. The molecule has 1 unspecified atom stereocenters. The van der Waals surface area contributed by atoms with E-state index in [1.165, 1.54) is 12.1 Å². The number of nitrogens with one attached hydrogen (secondary N) is 1. The summed E-state index contributed by atoms with van der Waals surface area (Å²) >= 11 is 0. The molecule has 0 radical (unpaired) electrons. The zero-order valence-corrected chi connectivity index (χ0v) is 11.6. The number of benzene rings is 1. The molecular weight excluding hydrogens is 271 g/mol. The maximum atomic E-state index is 13.4. The molecule has 1 aliphatic rings. The summed E-state index contributed by atoms with van der Waals surface area (Å²) in [6, 6.07) is 6.33. The van der Waals surface area contributed by atoms with E-state index in [4.69, 9.17) is 10.5 Å². The largest absolute Gasteiger partial charge is 0.376 e. The Labute approximate surface area is 122 Å². The first-order valence-electron chi connectivity index (χ1n) is 6.96. The third-order valence-electron chi connectivity index (χ3n) is 3.46. The molecule has 2 aromatic rings. The van der Waals surface area contributed by atoms with E-state index in [0.29, 0.717) is 17.9 Å². The summed E-state index contributed by atoms with van der Waals surface area (Å²) in [5.74, 6) is 0.489. The normalized spacial score (nSPS) is 17.9. The van der Waals surface area contributed by atoms with Crippen LogP contribution in [0.1, 0.15) is 12.8 Å². The molecule has 0 aliphatic carbocycles. The first-order chi connectivity index (χ1) is 10.2. The second kappa shape index (κ2) is 6.05. The molecule has 1 aromatic carbocycles. The molecule has 1 saturated heterocycles. The van der Waals surface area contributed by atoms with E-state index in [1.807, 2.05) is 6.07 Å². The molecule has 21 heavy (non-hydrogen) atoms. The fourth-order valence-electron chi connectivity index (χ4n) is 2.41. The van der Waals surface area contributed by atoms with E-state index in [9.17, 15) is 4.39 Å². The smallest absolute Gasteiger partial charge is 0.221 e. The molecule has 2 heterocycles. The molecule has 0 amide bonds. The predicted octanol–water partition coefficient (Wildman–Crippen LogP) is 2.46. The number of hydrogen-bond acceptors (Lipinski definition) is 5. The maximum Gasteiger partial charge on any atom is 0.221 e. The van der Waals surface area contributed by atoms with E-state index in [-0.39, 0.29) is 17.9 Å². The summed E-state index contributed by atoms with van der Waals surface area (Å²) in [5.41, 5.74) is 7.09. The first kappa shape index (κ1) is 13.8. The summed E-state index contributed by atoms with van der Waals surface area (Å²) in [6.07, 6.45) is 3.90. The highest BCUT2D eigenvalue weighted by atomic mass is 19.1. The van der Waals surface area contributed by atoms with Crippen molar-refractivity contribution in [2.75, 3.05) is 24.2 Å². The number of nitrogens with zero attached hydrogens (tertiary/aromatic N) is 2. The fourth-order valence-corrected chi connectivity index (χ4v) is 2.41. The molecule has 5 nitrogen and oxygen atoms in total. The molecule has 3 rings (SSSR count). The first-order valence-corrected chi connectivity index (χ1v) is 6.96. The molecule has 1 aromatic heterocycles. The monoisotopic (exact) mass is 288 g/mol. The van der Waals surface area contributed by atoms with Crippen molar-refractivity contribution in [3.63, 3.8) is 0 Å². The van der Waals surface area contributed by atoms with Gasteiger partial charge in [0.05, 0.1) is 6.10 Å². The Bertz CT molecular complexity index is 629. The molecule has 6 heteroatoms. The molecule has 1 fully saturated rings. The van der Waals surface area contributed by atoms with Gasteiger partial charge in [-0.1, -0.05) is 12.1 Å². The van der Waals surface area contributed by atoms with Gasteiger partial charge in [0, 0.05) is 24.9 Å². The Morgan fingerprint density at radius 3 is 3.10 bits per heavy atom. The summed E-state index contributed by atoms with van der Waals surface area (Å²) in [4.78, 5) is 8.22. The van der Waals surface area contributed by atoms with Crippen molar-refractivity contribution in [2.24, 2.45) is 0 Å². The van der Waals surface area contributed by atoms with Crippen LogP contribution >= 0.6 is 0 Å². The lowest BCUT2D eigenvalue weighted by molar-refractivity contribution is 0.120. The van der Waals surface area contributed by atoms with E-state index < -0.39 is 0 Å². The summed E-state index contributed by atoms with van der Waals surface area (Å²) < 4.78 is 19.0. The van der Waals surface area contributed by atoms with Gasteiger partial charge in [0.25, 0.3) is 0 Å². The Kier molecular flexibility index (Phi) is 3.96. The van der Waals surface area contributed by atoms with Gasteiger partial charge in [-0.05, 0) is 30.5 Å². The number of hydrogen-bond donors (Lipinski definition) is 2. The highest BCUT2D eigenvalue weighted by Gasteiger charge is 2.16. The second-order valence-corrected chi connectivity index (χ2v) is 5.02. The van der Waals surface area contributed by atoms with Crippen LogP contribution in [-0.4, -0.2) is 29.2 Å². The number of rotatable bonds is 4. The maximum absolute atomic E-state index is 13.4. The van der Waals surface area contributed by atoms with Crippen molar-refractivity contribution in [1.29, 1.82) is 0 Å². The van der Waals surface area contributed by atoms with Crippen LogP contribution < -0.4 is 11.1 Å². The molecule has 1 atom stereocenters. The summed E-state index contributed by atoms with van der Waals surface area (Å²) in [7, 11) is 0. The molecule has 110 valence electrons. The Balaban J connectivity index is 1.85. The zero-order chi connectivity index (χ0) is 14.7. The fraction of sp³-hybridized carbons (Fsp3) is 0.333. The van der Waals surface area contributed by atoms with Crippen LogP contribution in [0.4, 0.5) is 16.2 Å². The lowest BCUT2D eigenvalue weighted by Crippen LogP contribution is -2.19. The van der Waals surface area contributed by atoms with Crippen LogP contribution in [-0.2, 0) is 4.74 Å². The van der Waals surface area contributed by atoms with Crippen molar-refractivity contribution >= 4 is 11.8 Å². The molecule has 1 aliphatic heterocycles. The number of nitrogen functional groups attached to an aromatic ring is 1. The van der Waals surface area contributed by atoms with Crippen LogP contribution in [0, 0.1) is 5.82 Å². The van der Waals surface area contributed by atoms with Crippen LogP contribution in [0.3, 0.4) is 0 Å². The third-order valence-corrected chi connectivity index (χ3v) is 3.46. The van der Waals surface area contributed by atoms with Crippen molar-refractivity contribution in [3.8, 4) is 11.1 Å². The van der Waals surface area contributed by atoms with Gasteiger partial charge in [0.1, 0.15) is 11.6 Å². The average Bonchev–Trinajstić information content (AvgIpc) is 2.98. The van der Waals surface area contributed by atoms with Gasteiger partial charge in [-0.15, -0.1) is 0 Å². The Morgan fingerprint density at radius 2 is 2.33 bits per heavy atom. The lowest BCUT2D eigenvalue weighted by atomic mass is 10.1. The number of nitrogens with two attached hydrogens (primary N) is 1. The second-order valence-electron chi connectivity index (χ2n) is 5.02. The van der Waals surface area contributed by atoms with Crippen molar-refractivity contribution in [2.45, 2.75) is 18.9 Å². The Hall–Kier alpha value is -2.21. The number of ether oxygens (including phenoxy) is 1. The number of anilines is 2. The van der Waals surface area contributed by atoms with Gasteiger partial charge in [-0.2, -0.15) is 4.98 Å². The minimum Gasteiger partial charge on any atom is -0.376 e. The van der Waals surface area contributed by atoms with Gasteiger partial charge in [-0.25, -0.2) is 9.37 Å². The topological polar surface area (TPSA) is 73.1 Å². The predicted molar refractivity (Wildman–Crippen MR) is 79.3 cm³/mol. The van der Waals surface area contributed by atoms with Crippen molar-refractivity contribution < 1.29 is 9.13 Å². The third kappa shape index (κ3) is 3.28. The van der Waals surface area contributed by atoms with Gasteiger partial charge in [0.2, 0.25) is 5.95 Å². The quantitative estimate of drug-likeness (QED) is 0.904. The van der Waals surface area contributed by atoms with Crippen molar-refractivity contribution in [3.05, 3.63) is 36.3 Å². The highest BCUT2D eigenvalue weighted by Crippen LogP contribution is 2.27. The van der Waals surface area contributed by atoms with Crippen LogP contribution in [0.2, 0.25) is 0 Å². The molecule has 3 N–H and O–H groups in total. The standard InChI is InChI=1S/C15H17FN4O/c16-11-4-1-3-10(7-11)13-9-19-15(17)20-14(13)18-8-12-5-2-6-21-12/h1,3-4,7,9,12H,2,5-6,8H2,(H3,17,18,19,20). The summed E-state index contributed by atoms with van der Waals surface area (Å²) in [5, 5.41) is 3.24. The SMILES string of the molecule is Nc1ncc(-c2cccc(F)c2)c(NCC2CCCO2)n1. The van der Waals surface area contributed by atoms with Crippen LogP contribution in [0.25, 0.3) is 11.1 Å². The summed E-state index contributed by atoms with van der Waals surface area (Å²) in [6.45, 7) is 1.45. The zero-order valence-electron chi connectivity index (χ0n) is 11.6. The van der Waals surface area contributed by atoms with Crippen molar-refractivity contribution in [1.82, 2.24) is 9.97 Å². The Morgan fingerprint density at radius 1 is 1.43 bits per heavy atom. The minimum atomic E-state index is -0.297. The van der Waals surface area contributed by atoms with Gasteiger partial charge < -0.3 is 15.8 Å². The van der Waals surface area contributed by atoms with Gasteiger partial charge >= 0.3 is 0 Å². The van der Waals surface area contributed by atoms with E-state index in [1.54, 1.807) is 12.3 Å². The van der Waals surface area contributed by atoms with Crippen LogP contribution in [0.15, 0.2) is 30.5 Å². The van der Waals surface area contributed by atoms with E-state index >= 15 is 0 Å². The van der Waals surface area contributed by atoms with Crippen LogP contribution in [0.5, 0.6) is 0 Å². The van der Waals surface area contributed by atoms with E-state index in [2.05, 4.69) is 15.3 Å². The number of aromatic nitrogens is 2. The number of halogens is 1. The van der Waals surface area contributed by atoms with Gasteiger partial charge in [-0.3, -0.25) is 0 Å². The lowest BCUT2D eigenvalue weighted by Gasteiger charge is -2.14. The molecule has 0 bridgehead atoms. The highest BCUT2D eigenvalue weighted by molar-refractivity contribution is 5.75. The molecule has 0 spiro atoms. The molecular formula is C15H17FN4O. The van der Waals surface area contributed by atoms with E-state index in [0.717, 1.165) is 25.0 Å². The van der Waals surface area contributed by atoms with Gasteiger partial charge in [0.15, 0.2) is 0 Å². The molecule has 0 saturated carbocycles. The minimum absolute atomic E-state index is 0.182.